The quantitative estimate of drug-likeness (QED) is 0.914. The number of nitrogens with zero attached hydrogens (tertiary/aromatic N) is 2. The van der Waals surface area contributed by atoms with E-state index in [1.807, 2.05) is 24.8 Å². The fraction of sp³-hybridized carbons (Fsp3) is 0.615. The lowest BCUT2D eigenvalue weighted by Gasteiger charge is -2.20. The van der Waals surface area contributed by atoms with Gasteiger partial charge in [0.2, 0.25) is 0 Å². The van der Waals surface area contributed by atoms with Gasteiger partial charge in [-0.3, -0.25) is 9.88 Å². The highest BCUT2D eigenvalue weighted by Crippen LogP contribution is 2.22. The maximum absolute atomic E-state index is 5.40. The first-order valence-corrected chi connectivity index (χ1v) is 7.24. The van der Waals surface area contributed by atoms with Crippen molar-refractivity contribution in [3.63, 3.8) is 0 Å². The summed E-state index contributed by atoms with van der Waals surface area (Å²) in [5.74, 6) is 1.27. The number of hydrogen-bond donors (Lipinski definition) is 1. The van der Waals surface area contributed by atoms with Crippen LogP contribution in [0.15, 0.2) is 18.5 Å². The van der Waals surface area contributed by atoms with Crippen molar-refractivity contribution >= 4 is 17.4 Å². The Morgan fingerprint density at radius 1 is 1.61 bits per heavy atom. The van der Waals surface area contributed by atoms with Gasteiger partial charge >= 0.3 is 0 Å². The van der Waals surface area contributed by atoms with Crippen LogP contribution in [0.2, 0.25) is 0 Å². The van der Waals surface area contributed by atoms with E-state index in [0.29, 0.717) is 5.37 Å². The second-order valence-electron chi connectivity index (χ2n) is 4.20. The first-order chi connectivity index (χ1) is 8.67. The van der Waals surface area contributed by atoms with Gasteiger partial charge < -0.3 is 10.5 Å². The second kappa shape index (κ2) is 8.34. The Kier molecular flexibility index (Phi) is 7.08. The van der Waals surface area contributed by atoms with E-state index in [1.165, 1.54) is 12.3 Å². The number of thioether (sulfide) groups is 1. The molecule has 4 nitrogen and oxygen atoms in total. The molecule has 1 aliphatic rings. The van der Waals surface area contributed by atoms with Gasteiger partial charge in [0.15, 0.2) is 0 Å². The minimum atomic E-state index is 0. The summed E-state index contributed by atoms with van der Waals surface area (Å²) >= 11 is 2.00. The first kappa shape index (κ1) is 15.3. The van der Waals surface area contributed by atoms with Gasteiger partial charge in [-0.05, 0) is 25.1 Å². The summed E-state index contributed by atoms with van der Waals surface area (Å²) in [6, 6.07) is 1.88. The van der Waals surface area contributed by atoms with Gasteiger partial charge in [0.1, 0.15) is 0 Å². The number of pyridine rings is 1. The van der Waals surface area contributed by atoms with Crippen molar-refractivity contribution in [3.8, 4) is 0 Å². The van der Waals surface area contributed by atoms with Crippen molar-refractivity contribution in [2.24, 2.45) is 0 Å². The molecule has 5 heteroatoms. The van der Waals surface area contributed by atoms with Crippen molar-refractivity contribution < 1.29 is 6.16 Å². The van der Waals surface area contributed by atoms with Gasteiger partial charge in [-0.25, -0.2) is 0 Å². The molecule has 0 spiro atoms. The summed E-state index contributed by atoms with van der Waals surface area (Å²) < 4.78 is 5.10. The SMILES string of the molecule is CCN1CCS[C@H]1COC.Cc1cncc(N)c1.[HH]. The molecule has 0 aliphatic carbocycles. The van der Waals surface area contributed by atoms with Crippen LogP contribution in [0.25, 0.3) is 0 Å². The predicted octanol–water partition coefficient (Wildman–Crippen LogP) is 2.25. The predicted molar refractivity (Wildman–Crippen MR) is 80.9 cm³/mol. The molecule has 2 heterocycles. The maximum atomic E-state index is 5.40. The third-order valence-corrected chi connectivity index (χ3v) is 3.94. The summed E-state index contributed by atoms with van der Waals surface area (Å²) in [7, 11) is 1.77. The fourth-order valence-corrected chi connectivity index (χ4v) is 3.10. The van der Waals surface area contributed by atoms with E-state index < -0.39 is 0 Å². The molecule has 1 aromatic heterocycles. The van der Waals surface area contributed by atoms with Crippen molar-refractivity contribution in [3.05, 3.63) is 24.0 Å². The van der Waals surface area contributed by atoms with Crippen molar-refractivity contribution in [2.45, 2.75) is 19.2 Å². The van der Waals surface area contributed by atoms with E-state index in [-0.39, 0.29) is 1.43 Å². The lowest BCUT2D eigenvalue weighted by molar-refractivity contribution is 0.145. The zero-order chi connectivity index (χ0) is 13.4. The van der Waals surface area contributed by atoms with E-state index >= 15 is 0 Å². The molecule has 2 rings (SSSR count). The topological polar surface area (TPSA) is 51.4 Å². The molecule has 1 aromatic rings. The van der Waals surface area contributed by atoms with Crippen LogP contribution in [0.1, 0.15) is 13.9 Å². The third-order valence-electron chi connectivity index (χ3n) is 2.71. The molecular weight excluding hydrogens is 246 g/mol. The van der Waals surface area contributed by atoms with E-state index in [1.54, 1.807) is 19.5 Å². The summed E-state index contributed by atoms with van der Waals surface area (Å²) in [4.78, 5) is 6.31. The minimum absolute atomic E-state index is 0. The van der Waals surface area contributed by atoms with Crippen LogP contribution in [-0.2, 0) is 4.74 Å². The summed E-state index contributed by atoms with van der Waals surface area (Å²) in [6.45, 7) is 7.42. The molecule has 1 atom stereocenters. The Hall–Kier alpha value is -0.780. The highest BCUT2D eigenvalue weighted by Gasteiger charge is 2.22. The number of anilines is 1. The number of ether oxygens (including phenoxy) is 1. The molecule has 0 aromatic carbocycles. The molecule has 1 fully saturated rings. The van der Waals surface area contributed by atoms with E-state index in [0.717, 1.165) is 24.4 Å². The zero-order valence-electron chi connectivity index (χ0n) is 11.4. The molecule has 1 aliphatic heterocycles. The highest BCUT2D eigenvalue weighted by molar-refractivity contribution is 8.00. The van der Waals surface area contributed by atoms with Crippen LogP contribution in [0.4, 0.5) is 5.69 Å². The Balaban J connectivity index is 0.000000331. The van der Waals surface area contributed by atoms with Gasteiger partial charge in [0.25, 0.3) is 0 Å². The Morgan fingerprint density at radius 3 is 2.89 bits per heavy atom. The van der Waals surface area contributed by atoms with Crippen molar-refractivity contribution in [1.29, 1.82) is 0 Å². The second-order valence-corrected chi connectivity index (χ2v) is 5.49. The standard InChI is InChI=1S/C7H15NOS.C6H8N2.H2/c1-3-8-4-5-10-7(8)6-9-2;1-5-2-6(7)4-8-3-5;/h7H,3-6H2,1-2H3;2-4H,7H2,1H3;1H/t7-;;/m0../s1. The molecule has 1 saturated heterocycles. The Morgan fingerprint density at radius 2 is 2.39 bits per heavy atom. The molecule has 0 saturated carbocycles. The van der Waals surface area contributed by atoms with Crippen molar-refractivity contribution in [2.75, 3.05) is 38.3 Å². The number of aryl methyl sites for hydroxylation is 1. The molecular formula is C13H25N3OS. The van der Waals surface area contributed by atoms with Crippen LogP contribution >= 0.6 is 11.8 Å². The number of nitrogen functional groups attached to an aromatic ring is 1. The van der Waals surface area contributed by atoms with Gasteiger partial charge in [-0.2, -0.15) is 0 Å². The molecule has 0 bridgehead atoms. The van der Waals surface area contributed by atoms with Crippen molar-refractivity contribution in [1.82, 2.24) is 9.88 Å². The summed E-state index contributed by atoms with van der Waals surface area (Å²) in [6.07, 6.45) is 3.41. The van der Waals surface area contributed by atoms with E-state index in [4.69, 9.17) is 10.5 Å². The normalized spacial score (nSPS) is 19.4. The van der Waals surface area contributed by atoms with Gasteiger partial charge in [0, 0.05) is 33.2 Å². The van der Waals surface area contributed by atoms with Crippen LogP contribution in [0.3, 0.4) is 0 Å². The van der Waals surface area contributed by atoms with Crippen LogP contribution in [0.5, 0.6) is 0 Å². The average Bonchev–Trinajstić information content (AvgIpc) is 2.77. The summed E-state index contributed by atoms with van der Waals surface area (Å²) in [5.41, 5.74) is 7.22. The maximum Gasteiger partial charge on any atom is 0.0794 e. The number of nitrogens with two attached hydrogens (primary N) is 1. The summed E-state index contributed by atoms with van der Waals surface area (Å²) in [5, 5.41) is 0.620. The monoisotopic (exact) mass is 271 g/mol. The minimum Gasteiger partial charge on any atom is -0.397 e. The largest absolute Gasteiger partial charge is 0.397 e. The third kappa shape index (κ3) is 5.25. The van der Waals surface area contributed by atoms with Gasteiger partial charge in [-0.15, -0.1) is 11.8 Å². The fourth-order valence-electron chi connectivity index (χ4n) is 1.79. The Bertz CT molecular complexity index is 337. The molecule has 18 heavy (non-hydrogen) atoms. The number of methoxy groups -OCH3 is 1. The molecule has 0 radical (unpaired) electrons. The molecule has 0 amide bonds. The highest BCUT2D eigenvalue weighted by atomic mass is 32.2. The molecule has 104 valence electrons. The smallest absolute Gasteiger partial charge is 0.0794 e. The van der Waals surface area contributed by atoms with Crippen LogP contribution < -0.4 is 5.73 Å². The average molecular weight is 271 g/mol. The number of hydrogen-bond acceptors (Lipinski definition) is 5. The number of rotatable bonds is 3. The van der Waals surface area contributed by atoms with Gasteiger partial charge in [0.05, 0.1) is 17.7 Å². The van der Waals surface area contributed by atoms with Crippen LogP contribution in [-0.4, -0.2) is 47.8 Å². The van der Waals surface area contributed by atoms with E-state index in [2.05, 4.69) is 16.8 Å². The Labute approximate surface area is 115 Å². The lowest BCUT2D eigenvalue weighted by atomic mass is 10.3. The first-order valence-electron chi connectivity index (χ1n) is 6.19. The molecule has 0 unspecified atom stereocenters. The number of likely N-dealkylation sites (N-methyl/N-ethyl adjacent to an activating group) is 1. The molecule has 2 N–H and O–H groups in total. The number of aromatic nitrogens is 1. The zero-order valence-corrected chi connectivity index (χ0v) is 12.2. The lowest BCUT2D eigenvalue weighted by Crippen LogP contribution is -2.31. The van der Waals surface area contributed by atoms with Gasteiger partial charge in [-0.1, -0.05) is 6.92 Å². The van der Waals surface area contributed by atoms with E-state index in [9.17, 15) is 0 Å². The van der Waals surface area contributed by atoms with Crippen LogP contribution in [0, 0.1) is 6.92 Å².